The van der Waals surface area contributed by atoms with E-state index in [1.54, 1.807) is 0 Å². The van der Waals surface area contributed by atoms with E-state index in [2.05, 4.69) is 37.9 Å². The Labute approximate surface area is 270 Å². The molecule has 4 aliphatic rings. The van der Waals surface area contributed by atoms with E-state index in [-0.39, 0.29) is 24.8 Å². The molecule has 5 rings (SSSR count). The molecule has 1 aromatic heterocycles. The number of esters is 2. The highest BCUT2D eigenvalue weighted by molar-refractivity contribution is 6.36. The Hall–Kier alpha value is -4.79. The van der Waals surface area contributed by atoms with E-state index < -0.39 is 0 Å². The average Bonchev–Trinajstić information content (AvgIpc) is 3.72. The first kappa shape index (κ1) is 32.6. The van der Waals surface area contributed by atoms with Crippen LogP contribution in [0.2, 0.25) is 0 Å². The van der Waals surface area contributed by atoms with Crippen LogP contribution in [0.5, 0.6) is 0 Å². The van der Waals surface area contributed by atoms with Crippen molar-refractivity contribution in [3.8, 4) is 0 Å². The summed E-state index contributed by atoms with van der Waals surface area (Å²) in [5, 5.41) is 10.7. The Morgan fingerprint density at radius 3 is 1.87 bits per heavy atom. The standard InChI is InChI=1S/C37H42N4O5/c1-9-23-19(3)28-16-31-24(10-2)21(5)36(40-31)27(18-42)37-22(6)26(12-14-35(44)46-8)33(41-37)17-32-25(11-13-34(43)45-7)20(4)29(39-32)15-30(23)38-28/h15-18,38,42H,9-14H2,1-8H3/b27-18-,29-15?,31-16?,33-17?. The van der Waals surface area contributed by atoms with Gasteiger partial charge >= 0.3 is 11.9 Å². The highest BCUT2D eigenvalue weighted by Gasteiger charge is 2.32. The largest absolute Gasteiger partial charge is 0.515 e. The number of rotatable bonds is 8. The molecule has 0 saturated heterocycles. The fourth-order valence-electron chi connectivity index (χ4n) is 6.64. The number of aliphatic hydroxyl groups excluding tert-OH is 1. The maximum atomic E-state index is 12.2. The van der Waals surface area contributed by atoms with Gasteiger partial charge in [0.1, 0.15) is 0 Å². The molecule has 1 aromatic rings. The minimum Gasteiger partial charge on any atom is -0.515 e. The first-order chi connectivity index (χ1) is 22.1. The second-order valence-electron chi connectivity index (χ2n) is 11.8. The third kappa shape index (κ3) is 5.82. The lowest BCUT2D eigenvalue weighted by molar-refractivity contribution is -0.141. The molecule has 0 spiro atoms. The number of nitrogens with one attached hydrogen (secondary N) is 1. The highest BCUT2D eigenvalue weighted by Crippen LogP contribution is 2.39. The van der Waals surface area contributed by atoms with E-state index in [0.29, 0.717) is 41.2 Å². The molecule has 240 valence electrons. The van der Waals surface area contributed by atoms with Crippen LogP contribution < -0.4 is 0 Å². The van der Waals surface area contributed by atoms with E-state index >= 15 is 0 Å². The number of H-pyrrole nitrogens is 1. The predicted octanol–water partition coefficient (Wildman–Crippen LogP) is 7.54. The molecule has 9 heteroatoms. The third-order valence-electron chi connectivity index (χ3n) is 9.33. The van der Waals surface area contributed by atoms with Gasteiger partial charge in [0.25, 0.3) is 0 Å². The summed E-state index contributed by atoms with van der Waals surface area (Å²) in [6.07, 6.45) is 9.99. The zero-order chi connectivity index (χ0) is 33.3. The van der Waals surface area contributed by atoms with Crippen molar-refractivity contribution in [2.75, 3.05) is 14.2 Å². The minimum absolute atomic E-state index is 0.171. The van der Waals surface area contributed by atoms with Crippen LogP contribution in [0.3, 0.4) is 0 Å². The van der Waals surface area contributed by atoms with Gasteiger partial charge in [-0.1, -0.05) is 13.8 Å². The summed E-state index contributed by atoms with van der Waals surface area (Å²) in [6, 6.07) is 0. The fraction of sp³-hybridized carbons (Fsp3) is 0.378. The molecule has 5 heterocycles. The Morgan fingerprint density at radius 1 is 0.739 bits per heavy atom. The SMILES string of the molecule is CCC1=C(C)C2=NC1=Cc1[nH]c(c(CC)c1C)C=C1N=C(C=C3N=C(C(C)=C3CCC(=O)OC)/C2=C\O)C(CCC(=O)OC)=C1C. The van der Waals surface area contributed by atoms with Crippen LogP contribution in [0.15, 0.2) is 83.4 Å². The van der Waals surface area contributed by atoms with Crippen LogP contribution >= 0.6 is 0 Å². The third-order valence-corrected chi connectivity index (χ3v) is 9.33. The van der Waals surface area contributed by atoms with Gasteiger partial charge in [0, 0.05) is 24.2 Å². The predicted molar refractivity (Wildman–Crippen MR) is 183 cm³/mol. The van der Waals surface area contributed by atoms with Gasteiger partial charge in [-0.2, -0.15) is 0 Å². The Kier molecular flexibility index (Phi) is 9.42. The van der Waals surface area contributed by atoms with Crippen LogP contribution in [0.1, 0.15) is 89.2 Å². The summed E-state index contributed by atoms with van der Waals surface area (Å²) in [5.41, 5.74) is 14.7. The van der Waals surface area contributed by atoms with Crippen molar-refractivity contribution >= 4 is 41.2 Å². The van der Waals surface area contributed by atoms with Crippen molar-refractivity contribution in [1.29, 1.82) is 0 Å². The lowest BCUT2D eigenvalue weighted by Gasteiger charge is -2.10. The van der Waals surface area contributed by atoms with Crippen LogP contribution in [0.4, 0.5) is 0 Å². The number of aromatic amines is 1. The number of ether oxygens (including phenoxy) is 2. The zero-order valence-corrected chi connectivity index (χ0v) is 28.0. The quantitative estimate of drug-likeness (QED) is 0.229. The normalized spacial score (nSPS) is 18.5. The molecule has 46 heavy (non-hydrogen) atoms. The topological polar surface area (TPSA) is 126 Å². The molecule has 0 radical (unpaired) electrons. The van der Waals surface area contributed by atoms with Crippen LogP contribution in [0.25, 0.3) is 12.2 Å². The molecule has 0 aromatic carbocycles. The summed E-state index contributed by atoms with van der Waals surface area (Å²) < 4.78 is 9.90. The fourth-order valence-corrected chi connectivity index (χ4v) is 6.64. The van der Waals surface area contributed by atoms with Gasteiger partial charge in [-0.15, -0.1) is 0 Å². The molecule has 0 saturated carbocycles. The number of aliphatic imine (C=N–C) groups is 3. The van der Waals surface area contributed by atoms with E-state index in [1.165, 1.54) is 19.8 Å². The molecule has 0 amide bonds. The molecular formula is C37H42N4O5. The molecule has 0 aliphatic carbocycles. The van der Waals surface area contributed by atoms with Crippen molar-refractivity contribution in [2.45, 2.75) is 80.1 Å². The van der Waals surface area contributed by atoms with Gasteiger partial charge in [0.2, 0.25) is 0 Å². The molecular weight excluding hydrogens is 580 g/mol. The number of fused-ring (bicyclic) bond motifs is 5. The molecule has 4 aliphatic heterocycles. The second-order valence-corrected chi connectivity index (χ2v) is 11.8. The molecule has 9 nitrogen and oxygen atoms in total. The number of nitrogens with zero attached hydrogens (tertiary/aromatic N) is 3. The molecule has 0 atom stereocenters. The Morgan fingerprint density at radius 2 is 1.30 bits per heavy atom. The first-order valence-corrected chi connectivity index (χ1v) is 15.8. The second kappa shape index (κ2) is 13.3. The Bertz CT molecular complexity index is 1850. The average molecular weight is 623 g/mol. The number of allylic oxidation sites excluding steroid dienone is 8. The van der Waals surface area contributed by atoms with Crippen molar-refractivity contribution in [2.24, 2.45) is 15.0 Å². The van der Waals surface area contributed by atoms with Crippen molar-refractivity contribution < 1.29 is 24.2 Å². The van der Waals surface area contributed by atoms with Gasteiger partial charge in [0.15, 0.2) is 0 Å². The lowest BCUT2D eigenvalue weighted by atomic mass is 9.92. The molecule has 2 N–H and O–H groups in total. The summed E-state index contributed by atoms with van der Waals surface area (Å²) in [4.78, 5) is 43.3. The summed E-state index contributed by atoms with van der Waals surface area (Å²) in [5.74, 6) is -0.621. The number of methoxy groups -OCH3 is 2. The van der Waals surface area contributed by atoms with E-state index in [1.807, 2.05) is 26.8 Å². The van der Waals surface area contributed by atoms with E-state index in [4.69, 9.17) is 24.5 Å². The number of carbonyl (C=O) groups excluding carboxylic acids is 2. The van der Waals surface area contributed by atoms with Gasteiger partial charge in [-0.3, -0.25) is 9.59 Å². The van der Waals surface area contributed by atoms with E-state index in [0.717, 1.165) is 80.9 Å². The maximum Gasteiger partial charge on any atom is 0.305 e. The molecule has 0 unspecified atom stereocenters. The van der Waals surface area contributed by atoms with Crippen LogP contribution in [0, 0.1) is 6.92 Å². The number of aliphatic hydroxyl groups is 1. The van der Waals surface area contributed by atoms with E-state index in [9.17, 15) is 14.7 Å². The van der Waals surface area contributed by atoms with Crippen LogP contribution in [-0.4, -0.2) is 53.4 Å². The monoisotopic (exact) mass is 622 g/mol. The first-order valence-electron chi connectivity index (χ1n) is 15.8. The van der Waals surface area contributed by atoms with Gasteiger partial charge in [-0.25, -0.2) is 15.0 Å². The van der Waals surface area contributed by atoms with Crippen molar-refractivity contribution in [3.05, 3.63) is 91.0 Å². The summed E-state index contributed by atoms with van der Waals surface area (Å²) in [7, 11) is 2.76. The number of hydrogen-bond donors (Lipinski definition) is 2. The maximum absolute atomic E-state index is 12.2. The summed E-state index contributed by atoms with van der Waals surface area (Å²) >= 11 is 0. The van der Waals surface area contributed by atoms with Gasteiger partial charge in [-0.05, 0) is 116 Å². The van der Waals surface area contributed by atoms with Gasteiger partial charge < -0.3 is 19.6 Å². The summed E-state index contributed by atoms with van der Waals surface area (Å²) in [6.45, 7) is 12.4. The molecule has 8 bridgehead atoms. The number of carbonyl (C=O) groups is 2. The number of aromatic nitrogens is 1. The molecule has 0 fully saturated rings. The van der Waals surface area contributed by atoms with Crippen molar-refractivity contribution in [1.82, 2.24) is 4.98 Å². The Balaban J connectivity index is 1.80. The highest BCUT2D eigenvalue weighted by atomic mass is 16.5. The lowest BCUT2D eigenvalue weighted by Crippen LogP contribution is -2.13. The van der Waals surface area contributed by atoms with Gasteiger partial charge in [0.05, 0.1) is 60.3 Å². The smallest absolute Gasteiger partial charge is 0.305 e. The van der Waals surface area contributed by atoms with Crippen molar-refractivity contribution in [3.63, 3.8) is 0 Å². The minimum atomic E-state index is -0.323. The van der Waals surface area contributed by atoms with Crippen LogP contribution in [-0.2, 0) is 25.5 Å². The zero-order valence-electron chi connectivity index (χ0n) is 28.0. The number of hydrogen-bond acceptors (Lipinski definition) is 8.